The third-order valence-electron chi connectivity index (χ3n) is 3.19. The van der Waals surface area contributed by atoms with E-state index in [1.54, 1.807) is 0 Å². The molecule has 1 aromatic rings. The van der Waals surface area contributed by atoms with E-state index in [-0.39, 0.29) is 6.04 Å². The molecule has 0 aliphatic rings. The lowest BCUT2D eigenvalue weighted by molar-refractivity contribution is 0.658. The van der Waals surface area contributed by atoms with Gasteiger partial charge in [-0.15, -0.1) is 17.3 Å². The lowest BCUT2D eigenvalue weighted by Crippen LogP contribution is -2.39. The van der Waals surface area contributed by atoms with Crippen LogP contribution in [-0.2, 0) is 0 Å². The number of benzene rings is 1. The first-order chi connectivity index (χ1) is 9.06. The largest absolute Gasteiger partial charge is 0.324 e. The van der Waals surface area contributed by atoms with Crippen molar-refractivity contribution in [3.63, 3.8) is 0 Å². The maximum atomic E-state index is 6.02. The van der Waals surface area contributed by atoms with Crippen molar-refractivity contribution in [1.82, 2.24) is 0 Å². The zero-order valence-electron chi connectivity index (χ0n) is 11.9. The second-order valence-corrected chi connectivity index (χ2v) is 10.1. The van der Waals surface area contributed by atoms with Crippen molar-refractivity contribution in [3.8, 4) is 0 Å². The number of rotatable bonds is 7. The van der Waals surface area contributed by atoms with Gasteiger partial charge in [0, 0.05) is 11.9 Å². The molecule has 2 N–H and O–H groups in total. The fourth-order valence-electron chi connectivity index (χ4n) is 1.89. The van der Waals surface area contributed by atoms with Gasteiger partial charge < -0.3 is 5.73 Å². The molecule has 1 aromatic carbocycles. The highest BCUT2D eigenvalue weighted by molar-refractivity contribution is 6.93. The molecule has 1 atom stereocenters. The molecule has 0 bridgehead atoms. The van der Waals surface area contributed by atoms with Gasteiger partial charge >= 0.3 is 0 Å². The lowest BCUT2D eigenvalue weighted by atomic mass is 10.1. The molecule has 0 saturated carbocycles. The summed E-state index contributed by atoms with van der Waals surface area (Å²) in [5.41, 5.74) is 11.5. The summed E-state index contributed by atoms with van der Waals surface area (Å²) in [5.74, 6) is 0.722. The van der Waals surface area contributed by atoms with E-state index < -0.39 is 8.07 Å². The molecule has 0 fully saturated rings. The van der Waals surface area contributed by atoms with Gasteiger partial charge in [-0.2, -0.15) is 0 Å². The van der Waals surface area contributed by atoms with Gasteiger partial charge in [0.2, 0.25) is 0 Å². The molecule has 0 heterocycles. The molecule has 3 heteroatoms. The minimum Gasteiger partial charge on any atom is -0.324 e. The molecule has 104 valence electrons. The highest BCUT2D eigenvalue weighted by Crippen LogP contribution is 2.05. The Morgan fingerprint density at radius 3 is 2.58 bits per heavy atom. The minimum absolute atomic E-state index is 0.0973. The van der Waals surface area contributed by atoms with Crippen LogP contribution in [0.5, 0.6) is 0 Å². The van der Waals surface area contributed by atoms with Crippen molar-refractivity contribution in [1.29, 1.82) is 0 Å². The Hall–Kier alpha value is -0.793. The molecule has 0 saturated heterocycles. The van der Waals surface area contributed by atoms with Crippen molar-refractivity contribution in [2.45, 2.75) is 38.4 Å². The molecular weight excluding hydrogens is 270 g/mol. The molecule has 0 unspecified atom stereocenters. The summed E-state index contributed by atoms with van der Waals surface area (Å²) in [6.45, 7) is 4.64. The standard InChI is InChI=1S/C16H24ClNSi/c1-19(2,16-11-4-3-5-12-16)14-8-10-15(18)9-6-7-13-17/h3-5,10-12,14-15H,6-7,9,13,18H2,1-2H3/t8?,15-/m1/s1. The van der Waals surface area contributed by atoms with Crippen LogP contribution in [0.1, 0.15) is 19.3 Å². The van der Waals surface area contributed by atoms with Crippen LogP contribution < -0.4 is 10.9 Å². The van der Waals surface area contributed by atoms with Crippen molar-refractivity contribution < 1.29 is 0 Å². The Balaban J connectivity index is 2.59. The van der Waals surface area contributed by atoms with E-state index in [2.05, 4.69) is 54.9 Å². The van der Waals surface area contributed by atoms with Gasteiger partial charge in [-0.05, 0) is 24.6 Å². The quantitative estimate of drug-likeness (QED) is 0.353. The van der Waals surface area contributed by atoms with Crippen LogP contribution in [0.15, 0.2) is 47.8 Å². The zero-order chi connectivity index (χ0) is 14.1. The number of unbranched alkanes of at least 4 members (excludes halogenated alkanes) is 1. The number of hydrogen-bond donors (Lipinski definition) is 1. The van der Waals surface area contributed by atoms with Crippen LogP contribution in [0.4, 0.5) is 0 Å². The molecule has 0 aliphatic carbocycles. The van der Waals surface area contributed by atoms with E-state index in [0.29, 0.717) is 0 Å². The molecule has 1 nitrogen and oxygen atoms in total. The van der Waals surface area contributed by atoms with Gasteiger partial charge in [0.05, 0.1) is 0 Å². The van der Waals surface area contributed by atoms with E-state index in [0.717, 1.165) is 25.1 Å². The van der Waals surface area contributed by atoms with E-state index in [1.165, 1.54) is 5.19 Å². The molecule has 0 aromatic heterocycles. The first kappa shape index (κ1) is 16.3. The van der Waals surface area contributed by atoms with Crippen LogP contribution in [0.3, 0.4) is 0 Å². The van der Waals surface area contributed by atoms with Gasteiger partial charge in [0.1, 0.15) is 8.07 Å². The summed E-state index contributed by atoms with van der Waals surface area (Å²) in [5, 5.41) is 1.42. The number of nitrogens with two attached hydrogens (primary N) is 1. The highest BCUT2D eigenvalue weighted by atomic mass is 35.5. The van der Waals surface area contributed by atoms with Crippen molar-refractivity contribution in [3.05, 3.63) is 47.8 Å². The van der Waals surface area contributed by atoms with Gasteiger partial charge in [-0.25, -0.2) is 0 Å². The van der Waals surface area contributed by atoms with Crippen LogP contribution >= 0.6 is 11.6 Å². The summed E-state index contributed by atoms with van der Waals surface area (Å²) in [4.78, 5) is 0. The molecule has 0 radical (unpaired) electrons. The summed E-state index contributed by atoms with van der Waals surface area (Å²) in [6.07, 6.45) is 5.10. The number of halogens is 1. The Labute approximate surface area is 123 Å². The number of hydrogen-bond acceptors (Lipinski definition) is 1. The second-order valence-electron chi connectivity index (χ2n) is 5.41. The fraction of sp³-hybridized carbons (Fsp3) is 0.438. The van der Waals surface area contributed by atoms with Crippen LogP contribution in [0.2, 0.25) is 13.1 Å². The maximum Gasteiger partial charge on any atom is 0.112 e. The smallest absolute Gasteiger partial charge is 0.112 e. The summed E-state index contributed by atoms with van der Waals surface area (Å²) >= 11 is 5.65. The normalized spacial score (nSPS) is 12.6. The summed E-state index contributed by atoms with van der Waals surface area (Å²) < 4.78 is 0. The van der Waals surface area contributed by atoms with Crippen molar-refractivity contribution in [2.24, 2.45) is 5.73 Å². The molecule has 19 heavy (non-hydrogen) atoms. The van der Waals surface area contributed by atoms with E-state index in [1.807, 2.05) is 6.08 Å². The Bertz CT molecular complexity index is 422. The Morgan fingerprint density at radius 2 is 1.95 bits per heavy atom. The SMILES string of the molecule is C[Si](C)(C=C=C[C@H](N)CCCCCl)c1ccccc1. The van der Waals surface area contributed by atoms with Crippen molar-refractivity contribution >= 4 is 24.9 Å². The number of alkyl halides is 1. The average molecular weight is 294 g/mol. The lowest BCUT2D eigenvalue weighted by Gasteiger charge is -2.16. The summed E-state index contributed by atoms with van der Waals surface area (Å²) in [7, 11) is -1.53. The van der Waals surface area contributed by atoms with Gasteiger partial charge in [0.15, 0.2) is 0 Å². The fourth-order valence-corrected chi connectivity index (χ4v) is 3.81. The maximum absolute atomic E-state index is 6.02. The monoisotopic (exact) mass is 293 g/mol. The average Bonchev–Trinajstić information content (AvgIpc) is 2.40. The van der Waals surface area contributed by atoms with Crippen LogP contribution in [0, 0.1) is 0 Å². The predicted octanol–water partition coefficient (Wildman–Crippen LogP) is 3.59. The molecule has 0 amide bonds. The molecule has 0 spiro atoms. The third-order valence-corrected chi connectivity index (χ3v) is 6.17. The van der Waals surface area contributed by atoms with Gasteiger partial charge in [-0.3, -0.25) is 0 Å². The molecular formula is C16H24ClNSi. The first-order valence-corrected chi connectivity index (χ1v) is 10.5. The first-order valence-electron chi connectivity index (χ1n) is 6.87. The van der Waals surface area contributed by atoms with Crippen LogP contribution in [0.25, 0.3) is 0 Å². The van der Waals surface area contributed by atoms with E-state index >= 15 is 0 Å². The topological polar surface area (TPSA) is 26.0 Å². The zero-order valence-corrected chi connectivity index (χ0v) is 13.7. The Kier molecular flexibility index (Phi) is 7.18. The minimum atomic E-state index is -1.53. The van der Waals surface area contributed by atoms with Crippen LogP contribution in [-0.4, -0.2) is 20.0 Å². The van der Waals surface area contributed by atoms with Crippen molar-refractivity contribution in [2.75, 3.05) is 5.88 Å². The third kappa shape index (κ3) is 6.26. The highest BCUT2D eigenvalue weighted by Gasteiger charge is 2.18. The van der Waals surface area contributed by atoms with E-state index in [4.69, 9.17) is 17.3 Å². The predicted molar refractivity (Wildman–Crippen MR) is 88.8 cm³/mol. The summed E-state index contributed by atoms with van der Waals surface area (Å²) in [6, 6.07) is 10.7. The van der Waals surface area contributed by atoms with E-state index in [9.17, 15) is 0 Å². The second kappa shape index (κ2) is 8.39. The molecule has 0 aliphatic heterocycles. The Morgan fingerprint density at radius 1 is 1.26 bits per heavy atom. The van der Waals surface area contributed by atoms with Gasteiger partial charge in [0.25, 0.3) is 0 Å². The molecule has 1 rings (SSSR count). The van der Waals surface area contributed by atoms with Gasteiger partial charge in [-0.1, -0.05) is 55.0 Å².